The van der Waals surface area contributed by atoms with Gasteiger partial charge in [0.05, 0.1) is 27.7 Å². The van der Waals surface area contributed by atoms with Gasteiger partial charge in [-0.05, 0) is 12.8 Å². The Morgan fingerprint density at radius 1 is 1.25 bits per heavy atom. The van der Waals surface area contributed by atoms with Crippen LogP contribution in [0.4, 0.5) is 0 Å². The van der Waals surface area contributed by atoms with E-state index in [1.54, 1.807) is 5.57 Å². The van der Waals surface area contributed by atoms with E-state index < -0.39 is 0 Å². The molecule has 0 spiro atoms. The van der Waals surface area contributed by atoms with Crippen molar-refractivity contribution in [2.24, 2.45) is 0 Å². The molecule has 0 fully saturated rings. The Bertz CT molecular complexity index is 194. The van der Waals surface area contributed by atoms with E-state index in [9.17, 15) is 0 Å². The van der Waals surface area contributed by atoms with Crippen LogP contribution in [-0.2, 0) is 0 Å². The summed E-state index contributed by atoms with van der Waals surface area (Å²) in [4.78, 5) is 0. The molecule has 1 rings (SSSR count). The average Bonchev–Trinajstić information content (AvgIpc) is 2.02. The van der Waals surface area contributed by atoms with Crippen molar-refractivity contribution in [3.05, 3.63) is 23.8 Å². The third kappa shape index (κ3) is 3.72. The Labute approximate surface area is 76.0 Å². The molecule has 0 atom stereocenters. The van der Waals surface area contributed by atoms with E-state index in [2.05, 4.69) is 39.4 Å². The minimum atomic E-state index is 1.07. The first kappa shape index (κ1) is 9.53. The van der Waals surface area contributed by atoms with E-state index in [1.165, 1.54) is 19.4 Å². The lowest BCUT2D eigenvalue weighted by atomic mass is 10.0. The molecular weight excluding hydrogens is 146 g/mol. The van der Waals surface area contributed by atoms with E-state index in [0.29, 0.717) is 0 Å². The maximum absolute atomic E-state index is 2.37. The molecule has 0 heterocycles. The zero-order valence-electron chi connectivity index (χ0n) is 8.51. The first-order valence-electron chi connectivity index (χ1n) is 4.71. The number of allylic oxidation sites excluding steroid dienone is 3. The van der Waals surface area contributed by atoms with Crippen LogP contribution in [0.1, 0.15) is 19.3 Å². The van der Waals surface area contributed by atoms with Crippen LogP contribution in [0.5, 0.6) is 0 Å². The summed E-state index contributed by atoms with van der Waals surface area (Å²) in [6.45, 7) is 1.25. The van der Waals surface area contributed by atoms with Crippen molar-refractivity contribution < 1.29 is 4.48 Å². The Morgan fingerprint density at radius 2 is 2.00 bits per heavy atom. The fraction of sp³-hybridized carbons (Fsp3) is 0.636. The SMILES string of the molecule is C[N+](C)(C)CCC1=CCC=CC1. The molecule has 0 bridgehead atoms. The topological polar surface area (TPSA) is 0 Å². The molecule has 0 amide bonds. The van der Waals surface area contributed by atoms with Crippen LogP contribution in [-0.4, -0.2) is 32.2 Å². The quantitative estimate of drug-likeness (QED) is 0.446. The first-order chi connectivity index (χ1) is 5.58. The van der Waals surface area contributed by atoms with E-state index in [0.717, 1.165) is 10.9 Å². The average molecular weight is 166 g/mol. The van der Waals surface area contributed by atoms with E-state index >= 15 is 0 Å². The van der Waals surface area contributed by atoms with Gasteiger partial charge in [0.15, 0.2) is 0 Å². The molecule has 0 aromatic heterocycles. The molecule has 0 N–H and O–H groups in total. The van der Waals surface area contributed by atoms with Crippen LogP contribution in [0.3, 0.4) is 0 Å². The fourth-order valence-corrected chi connectivity index (χ4v) is 1.33. The summed E-state index contributed by atoms with van der Waals surface area (Å²) in [6, 6.07) is 0. The van der Waals surface area contributed by atoms with Crippen LogP contribution in [0, 0.1) is 0 Å². The predicted octanol–water partition coefficient (Wildman–Crippen LogP) is 2.36. The summed E-state index contributed by atoms with van der Waals surface area (Å²) < 4.78 is 1.07. The van der Waals surface area contributed by atoms with Gasteiger partial charge in [0.25, 0.3) is 0 Å². The molecule has 0 unspecified atom stereocenters. The van der Waals surface area contributed by atoms with Crippen molar-refractivity contribution in [3.8, 4) is 0 Å². The minimum absolute atomic E-state index is 1.07. The maximum atomic E-state index is 2.37. The summed E-state index contributed by atoms with van der Waals surface area (Å²) in [5.74, 6) is 0. The highest BCUT2D eigenvalue weighted by Gasteiger charge is 2.08. The van der Waals surface area contributed by atoms with Gasteiger partial charge < -0.3 is 4.48 Å². The molecule has 1 aliphatic carbocycles. The van der Waals surface area contributed by atoms with Crippen LogP contribution < -0.4 is 0 Å². The molecule has 0 saturated carbocycles. The summed E-state index contributed by atoms with van der Waals surface area (Å²) in [5.41, 5.74) is 1.62. The molecule has 0 aliphatic heterocycles. The zero-order valence-corrected chi connectivity index (χ0v) is 8.51. The van der Waals surface area contributed by atoms with E-state index in [1.807, 2.05) is 0 Å². The fourth-order valence-electron chi connectivity index (χ4n) is 1.33. The second-order valence-electron chi connectivity index (χ2n) is 4.54. The van der Waals surface area contributed by atoms with Crippen molar-refractivity contribution in [1.29, 1.82) is 0 Å². The van der Waals surface area contributed by atoms with Gasteiger partial charge in [-0.25, -0.2) is 0 Å². The summed E-state index contributed by atoms with van der Waals surface area (Å²) in [6.07, 6.45) is 10.5. The second kappa shape index (κ2) is 3.90. The Hall–Kier alpha value is -0.560. The number of rotatable bonds is 3. The highest BCUT2D eigenvalue weighted by Crippen LogP contribution is 2.15. The molecule has 68 valence electrons. The minimum Gasteiger partial charge on any atom is -0.331 e. The summed E-state index contributed by atoms with van der Waals surface area (Å²) >= 11 is 0. The van der Waals surface area contributed by atoms with Gasteiger partial charge in [0, 0.05) is 6.42 Å². The van der Waals surface area contributed by atoms with Crippen molar-refractivity contribution in [3.63, 3.8) is 0 Å². The van der Waals surface area contributed by atoms with Crippen molar-refractivity contribution in [2.75, 3.05) is 27.7 Å². The van der Waals surface area contributed by atoms with Crippen LogP contribution in [0.2, 0.25) is 0 Å². The lowest BCUT2D eigenvalue weighted by Gasteiger charge is -2.24. The van der Waals surface area contributed by atoms with Gasteiger partial charge in [-0.15, -0.1) is 0 Å². The largest absolute Gasteiger partial charge is 0.331 e. The zero-order chi connectivity index (χ0) is 9.03. The van der Waals surface area contributed by atoms with Gasteiger partial charge in [0.1, 0.15) is 0 Å². The van der Waals surface area contributed by atoms with Crippen LogP contribution >= 0.6 is 0 Å². The monoisotopic (exact) mass is 166 g/mol. The Morgan fingerprint density at radius 3 is 2.50 bits per heavy atom. The first-order valence-corrected chi connectivity index (χ1v) is 4.71. The van der Waals surface area contributed by atoms with Crippen LogP contribution in [0.15, 0.2) is 23.8 Å². The predicted molar refractivity (Wildman–Crippen MR) is 54.0 cm³/mol. The number of hydrogen-bond acceptors (Lipinski definition) is 0. The standard InChI is InChI=1S/C11H20N/c1-12(2,3)10-9-11-7-5-4-6-8-11/h4-5,8H,6-7,9-10H2,1-3H3/q+1. The van der Waals surface area contributed by atoms with Crippen LogP contribution in [0.25, 0.3) is 0 Å². The highest BCUT2D eigenvalue weighted by molar-refractivity contribution is 5.14. The third-order valence-corrected chi connectivity index (χ3v) is 2.19. The normalized spacial score (nSPS) is 17.8. The van der Waals surface area contributed by atoms with Gasteiger partial charge >= 0.3 is 0 Å². The lowest BCUT2D eigenvalue weighted by Crippen LogP contribution is -2.35. The Balaban J connectivity index is 2.28. The molecule has 0 saturated heterocycles. The second-order valence-corrected chi connectivity index (χ2v) is 4.54. The van der Waals surface area contributed by atoms with Crippen molar-refractivity contribution >= 4 is 0 Å². The van der Waals surface area contributed by atoms with Gasteiger partial charge in [0.2, 0.25) is 0 Å². The molecule has 1 heteroatoms. The van der Waals surface area contributed by atoms with Gasteiger partial charge in [-0.2, -0.15) is 0 Å². The molecular formula is C11H20N+. The molecule has 1 aliphatic rings. The smallest absolute Gasteiger partial charge is 0.0818 e. The lowest BCUT2D eigenvalue weighted by molar-refractivity contribution is -0.870. The number of quaternary nitrogens is 1. The molecule has 12 heavy (non-hydrogen) atoms. The highest BCUT2D eigenvalue weighted by atomic mass is 15.3. The maximum Gasteiger partial charge on any atom is 0.0818 e. The van der Waals surface area contributed by atoms with Crippen molar-refractivity contribution in [1.82, 2.24) is 0 Å². The molecule has 0 radical (unpaired) electrons. The molecule has 0 aromatic rings. The molecule has 0 aromatic carbocycles. The van der Waals surface area contributed by atoms with Gasteiger partial charge in [-0.3, -0.25) is 0 Å². The summed E-state index contributed by atoms with van der Waals surface area (Å²) in [7, 11) is 6.75. The Kier molecular flexibility index (Phi) is 3.10. The van der Waals surface area contributed by atoms with E-state index in [4.69, 9.17) is 0 Å². The van der Waals surface area contributed by atoms with E-state index in [-0.39, 0.29) is 0 Å². The third-order valence-electron chi connectivity index (χ3n) is 2.19. The van der Waals surface area contributed by atoms with Gasteiger partial charge in [-0.1, -0.05) is 23.8 Å². The summed E-state index contributed by atoms with van der Waals surface area (Å²) in [5, 5.41) is 0. The van der Waals surface area contributed by atoms with Crippen molar-refractivity contribution in [2.45, 2.75) is 19.3 Å². The molecule has 1 nitrogen and oxygen atoms in total. The number of nitrogens with zero attached hydrogens (tertiary/aromatic N) is 1. The number of hydrogen-bond donors (Lipinski definition) is 0.